The van der Waals surface area contributed by atoms with E-state index < -0.39 is 28.3 Å². The van der Waals surface area contributed by atoms with Crippen molar-refractivity contribution in [2.45, 2.75) is 13.3 Å². The van der Waals surface area contributed by atoms with Crippen LogP contribution >= 0.6 is 0 Å². The molecule has 142 valence electrons. The molecule has 0 fully saturated rings. The number of nitrogens with zero attached hydrogens (tertiary/aromatic N) is 2. The van der Waals surface area contributed by atoms with E-state index in [2.05, 4.69) is 15.2 Å². The van der Waals surface area contributed by atoms with Gasteiger partial charge in [0.1, 0.15) is 11.6 Å². The number of hydrogen-bond donors (Lipinski definition) is 3. The van der Waals surface area contributed by atoms with E-state index in [0.29, 0.717) is 16.9 Å². The molecule has 28 heavy (non-hydrogen) atoms. The van der Waals surface area contributed by atoms with Gasteiger partial charge in [0.05, 0.1) is 22.5 Å². The van der Waals surface area contributed by atoms with Crippen LogP contribution in [-0.4, -0.2) is 24.9 Å². The first-order chi connectivity index (χ1) is 13.4. The second-order valence-corrected chi connectivity index (χ2v) is 6.34. The number of aromatic nitrogens is 4. The SMILES string of the molecule is Cc1[nH]c(=O)n(-c2cccc(Cc3n[nH]c(=O)c4c(F)ccc(F)c34)c2)c1O. The van der Waals surface area contributed by atoms with Gasteiger partial charge in [0.25, 0.3) is 5.56 Å². The highest BCUT2D eigenvalue weighted by Gasteiger charge is 2.17. The maximum Gasteiger partial charge on any atom is 0.333 e. The molecule has 0 amide bonds. The Morgan fingerprint density at radius 3 is 2.50 bits per heavy atom. The zero-order valence-corrected chi connectivity index (χ0v) is 14.6. The van der Waals surface area contributed by atoms with Gasteiger partial charge in [-0.15, -0.1) is 0 Å². The van der Waals surface area contributed by atoms with Gasteiger partial charge < -0.3 is 10.1 Å². The number of aromatic amines is 2. The van der Waals surface area contributed by atoms with E-state index >= 15 is 0 Å². The highest BCUT2D eigenvalue weighted by molar-refractivity contribution is 5.85. The molecule has 0 aliphatic rings. The van der Waals surface area contributed by atoms with E-state index in [4.69, 9.17) is 0 Å². The molecule has 9 heteroatoms. The summed E-state index contributed by atoms with van der Waals surface area (Å²) in [6.07, 6.45) is 0.0699. The molecule has 0 aliphatic carbocycles. The topological polar surface area (TPSA) is 104 Å². The van der Waals surface area contributed by atoms with E-state index in [0.717, 1.165) is 16.7 Å². The molecular formula is C19H14F2N4O3. The van der Waals surface area contributed by atoms with Gasteiger partial charge >= 0.3 is 5.69 Å². The van der Waals surface area contributed by atoms with Crippen molar-refractivity contribution in [3.05, 3.63) is 85.8 Å². The summed E-state index contributed by atoms with van der Waals surface area (Å²) in [5.74, 6) is -1.81. The summed E-state index contributed by atoms with van der Waals surface area (Å²) in [6, 6.07) is 8.44. The summed E-state index contributed by atoms with van der Waals surface area (Å²) in [5, 5.41) is 15.6. The summed E-state index contributed by atoms with van der Waals surface area (Å²) in [4.78, 5) is 26.4. The van der Waals surface area contributed by atoms with E-state index in [1.807, 2.05) is 0 Å². The molecule has 0 saturated carbocycles. The third-order valence-corrected chi connectivity index (χ3v) is 4.50. The van der Waals surface area contributed by atoms with Gasteiger partial charge in [0.15, 0.2) is 0 Å². The summed E-state index contributed by atoms with van der Waals surface area (Å²) >= 11 is 0. The summed E-state index contributed by atoms with van der Waals surface area (Å²) in [6.45, 7) is 1.56. The van der Waals surface area contributed by atoms with Crippen LogP contribution < -0.4 is 11.2 Å². The number of fused-ring (bicyclic) bond motifs is 1. The first-order valence-corrected chi connectivity index (χ1v) is 8.32. The second kappa shape index (κ2) is 6.45. The number of rotatable bonds is 3. The zero-order valence-electron chi connectivity index (χ0n) is 14.6. The average Bonchev–Trinajstić information content (AvgIpc) is 2.92. The molecule has 4 aromatic rings. The fourth-order valence-electron chi connectivity index (χ4n) is 3.19. The third kappa shape index (κ3) is 2.77. The Balaban J connectivity index is 1.84. The van der Waals surface area contributed by atoms with Crippen molar-refractivity contribution in [3.8, 4) is 11.6 Å². The predicted molar refractivity (Wildman–Crippen MR) is 97.9 cm³/mol. The molecule has 0 unspecified atom stereocenters. The minimum absolute atomic E-state index is 0.0699. The zero-order chi connectivity index (χ0) is 20.0. The maximum atomic E-state index is 14.3. The summed E-state index contributed by atoms with van der Waals surface area (Å²) in [5.41, 5.74) is 0.153. The monoisotopic (exact) mass is 384 g/mol. The number of imidazole rings is 1. The minimum Gasteiger partial charge on any atom is -0.493 e. The quantitative estimate of drug-likeness (QED) is 0.504. The number of benzene rings is 2. The molecular weight excluding hydrogens is 370 g/mol. The number of hydrogen-bond acceptors (Lipinski definition) is 4. The fraction of sp³-hybridized carbons (Fsp3) is 0.105. The average molecular weight is 384 g/mol. The maximum absolute atomic E-state index is 14.3. The fourth-order valence-corrected chi connectivity index (χ4v) is 3.19. The van der Waals surface area contributed by atoms with Gasteiger partial charge in [0, 0.05) is 11.8 Å². The Morgan fingerprint density at radius 1 is 1.11 bits per heavy atom. The van der Waals surface area contributed by atoms with Crippen molar-refractivity contribution in [1.82, 2.24) is 19.7 Å². The van der Waals surface area contributed by atoms with Crippen LogP contribution in [-0.2, 0) is 6.42 Å². The molecule has 0 saturated heterocycles. The van der Waals surface area contributed by atoms with Crippen molar-refractivity contribution in [2.24, 2.45) is 0 Å². The number of nitrogens with one attached hydrogen (secondary N) is 2. The van der Waals surface area contributed by atoms with Crippen molar-refractivity contribution < 1.29 is 13.9 Å². The Hall–Kier alpha value is -3.75. The molecule has 0 bridgehead atoms. The van der Waals surface area contributed by atoms with E-state index in [9.17, 15) is 23.5 Å². The van der Waals surface area contributed by atoms with Crippen LogP contribution in [0.2, 0.25) is 0 Å². The number of halogens is 2. The van der Waals surface area contributed by atoms with Crippen LogP contribution in [0.25, 0.3) is 16.5 Å². The van der Waals surface area contributed by atoms with Crippen LogP contribution in [0.5, 0.6) is 5.88 Å². The van der Waals surface area contributed by atoms with Gasteiger partial charge in [0.2, 0.25) is 5.88 Å². The van der Waals surface area contributed by atoms with Gasteiger partial charge in [-0.25, -0.2) is 23.2 Å². The molecule has 0 spiro atoms. The minimum atomic E-state index is -0.839. The number of aromatic hydroxyl groups is 1. The third-order valence-electron chi connectivity index (χ3n) is 4.50. The molecule has 4 rings (SSSR count). The highest BCUT2D eigenvalue weighted by atomic mass is 19.1. The molecule has 0 atom stereocenters. The standard InChI is InChI=1S/C19H14F2N4O3/c1-9-18(27)25(19(28)22-9)11-4-2-3-10(7-11)8-14-15-12(20)5-6-13(21)16(15)17(26)24-23-14/h2-7,27H,8H2,1H3,(H,22,28)(H,24,26). The smallest absolute Gasteiger partial charge is 0.333 e. The Labute approximate surface area is 155 Å². The largest absolute Gasteiger partial charge is 0.493 e. The predicted octanol–water partition coefficient (Wildman–Crippen LogP) is 2.29. The normalized spacial score (nSPS) is 11.2. The van der Waals surface area contributed by atoms with Gasteiger partial charge in [-0.3, -0.25) is 4.79 Å². The molecule has 7 nitrogen and oxygen atoms in total. The Bertz CT molecular complexity index is 1340. The highest BCUT2D eigenvalue weighted by Crippen LogP contribution is 2.24. The van der Waals surface area contributed by atoms with Crippen LogP contribution in [0.1, 0.15) is 17.0 Å². The second-order valence-electron chi connectivity index (χ2n) is 6.34. The molecule has 2 aromatic carbocycles. The molecule has 0 aliphatic heterocycles. The van der Waals surface area contributed by atoms with Crippen LogP contribution in [0, 0.1) is 18.6 Å². The van der Waals surface area contributed by atoms with Crippen molar-refractivity contribution >= 4 is 10.8 Å². The van der Waals surface area contributed by atoms with Crippen LogP contribution in [0.4, 0.5) is 8.78 Å². The molecule has 3 N–H and O–H groups in total. The first kappa shape index (κ1) is 17.7. The summed E-state index contributed by atoms with van der Waals surface area (Å²) in [7, 11) is 0. The summed E-state index contributed by atoms with van der Waals surface area (Å²) < 4.78 is 29.5. The lowest BCUT2D eigenvalue weighted by atomic mass is 10.0. The van der Waals surface area contributed by atoms with Gasteiger partial charge in [-0.05, 0) is 36.8 Å². The van der Waals surface area contributed by atoms with Crippen molar-refractivity contribution in [1.29, 1.82) is 0 Å². The lowest BCUT2D eigenvalue weighted by molar-refractivity contribution is 0.437. The molecule has 2 heterocycles. The Morgan fingerprint density at radius 2 is 1.82 bits per heavy atom. The van der Waals surface area contributed by atoms with Crippen LogP contribution in [0.3, 0.4) is 0 Å². The van der Waals surface area contributed by atoms with Gasteiger partial charge in [-0.1, -0.05) is 12.1 Å². The molecule has 0 radical (unpaired) electrons. The Kier molecular flexibility index (Phi) is 4.07. The number of H-pyrrole nitrogens is 2. The molecule has 2 aromatic heterocycles. The van der Waals surface area contributed by atoms with Crippen molar-refractivity contribution in [3.63, 3.8) is 0 Å². The van der Waals surface area contributed by atoms with Crippen molar-refractivity contribution in [2.75, 3.05) is 0 Å². The van der Waals surface area contributed by atoms with Gasteiger partial charge in [-0.2, -0.15) is 5.10 Å². The lowest BCUT2D eigenvalue weighted by Gasteiger charge is -2.09. The first-order valence-electron chi connectivity index (χ1n) is 8.32. The van der Waals surface area contributed by atoms with E-state index in [-0.39, 0.29) is 23.4 Å². The lowest BCUT2D eigenvalue weighted by Crippen LogP contribution is -2.15. The van der Waals surface area contributed by atoms with Crippen LogP contribution in [0.15, 0.2) is 46.0 Å². The number of aryl methyl sites for hydroxylation is 1. The van der Waals surface area contributed by atoms with E-state index in [1.54, 1.807) is 31.2 Å². The van der Waals surface area contributed by atoms with E-state index in [1.165, 1.54) is 0 Å².